The van der Waals surface area contributed by atoms with Crippen LogP contribution in [0.25, 0.3) is 5.65 Å². The van der Waals surface area contributed by atoms with E-state index >= 15 is 0 Å². The van der Waals surface area contributed by atoms with Crippen molar-refractivity contribution >= 4 is 17.4 Å². The summed E-state index contributed by atoms with van der Waals surface area (Å²) in [6, 6.07) is 1.24. The number of fused-ring (bicyclic) bond motifs is 2. The van der Waals surface area contributed by atoms with Crippen LogP contribution in [-0.4, -0.2) is 37.6 Å². The summed E-state index contributed by atoms with van der Waals surface area (Å²) in [5.74, 6) is -1.28. The molecule has 0 unspecified atom stereocenters. The molecule has 27 heavy (non-hydrogen) atoms. The van der Waals surface area contributed by atoms with Gasteiger partial charge in [0.2, 0.25) is 5.88 Å². The number of hydrogen-bond donors (Lipinski definition) is 2. The number of pyridine rings is 1. The van der Waals surface area contributed by atoms with Crippen molar-refractivity contribution in [2.45, 2.75) is 31.5 Å². The number of ether oxygens (including phenoxy) is 1. The summed E-state index contributed by atoms with van der Waals surface area (Å²) in [6.07, 6.45) is 4.66. The van der Waals surface area contributed by atoms with Crippen LogP contribution < -0.4 is 15.4 Å². The van der Waals surface area contributed by atoms with Crippen LogP contribution in [0.1, 0.15) is 28.8 Å². The molecule has 0 atom stereocenters. The first kappa shape index (κ1) is 15.9. The second kappa shape index (κ2) is 5.86. The molecule has 1 aliphatic carbocycles. The van der Waals surface area contributed by atoms with Crippen molar-refractivity contribution in [3.8, 4) is 5.88 Å². The number of nitrogens with one attached hydrogen (secondary N) is 2. The molecule has 6 rings (SSSR count). The first-order valence-electron chi connectivity index (χ1n) is 8.46. The quantitative estimate of drug-likeness (QED) is 0.624. The van der Waals surface area contributed by atoms with Gasteiger partial charge in [-0.2, -0.15) is 5.10 Å². The van der Waals surface area contributed by atoms with Gasteiger partial charge >= 0.3 is 0 Å². The second-order valence-corrected chi connectivity index (χ2v) is 6.62. The van der Waals surface area contributed by atoms with Gasteiger partial charge in [-0.25, -0.2) is 23.3 Å². The lowest BCUT2D eigenvalue weighted by atomic mass is 9.89. The maximum Gasteiger partial charge on any atom is 0.256 e. The number of nitrogens with zero attached hydrogens (tertiary/aromatic N) is 4. The molecule has 3 aliphatic rings. The summed E-state index contributed by atoms with van der Waals surface area (Å²) in [7, 11) is 0. The Balaban J connectivity index is 1.59. The van der Waals surface area contributed by atoms with Gasteiger partial charge < -0.3 is 15.4 Å². The summed E-state index contributed by atoms with van der Waals surface area (Å²) in [5, 5.41) is 9.71. The lowest BCUT2D eigenvalue weighted by molar-refractivity contribution is 0.0673. The highest BCUT2D eigenvalue weighted by molar-refractivity contribution is 6.00. The molecular weight excluding hydrogens is 358 g/mol. The molecule has 2 N–H and O–H groups in total. The number of hydrogen-bond acceptors (Lipinski definition) is 6. The van der Waals surface area contributed by atoms with E-state index in [0.717, 1.165) is 12.4 Å². The van der Waals surface area contributed by atoms with E-state index in [2.05, 4.69) is 25.7 Å². The topological polar surface area (TPSA) is 93.4 Å². The zero-order valence-corrected chi connectivity index (χ0v) is 13.9. The molecule has 5 heterocycles. The fraction of sp³-hybridized carbons (Fsp3) is 0.294. The predicted octanol–water partition coefficient (Wildman–Crippen LogP) is 1.67. The van der Waals surface area contributed by atoms with Crippen LogP contribution >= 0.6 is 0 Å². The average molecular weight is 372 g/mol. The summed E-state index contributed by atoms with van der Waals surface area (Å²) in [4.78, 5) is 20.7. The molecule has 0 aromatic carbocycles. The molecule has 2 aliphatic heterocycles. The fourth-order valence-corrected chi connectivity index (χ4v) is 3.25. The molecule has 4 bridgehead atoms. The maximum absolute atomic E-state index is 14.3. The van der Waals surface area contributed by atoms with Crippen LogP contribution in [-0.2, 0) is 6.54 Å². The van der Waals surface area contributed by atoms with E-state index in [1.54, 1.807) is 0 Å². The molecular formula is C17H14F2N6O2. The molecule has 0 saturated heterocycles. The number of amides is 1. The number of halogens is 2. The van der Waals surface area contributed by atoms with Crippen LogP contribution in [0.15, 0.2) is 24.7 Å². The largest absolute Gasteiger partial charge is 0.474 e. The molecule has 0 spiro atoms. The summed E-state index contributed by atoms with van der Waals surface area (Å²) < 4.78 is 35.0. The Labute approximate surface area is 151 Å². The predicted molar refractivity (Wildman–Crippen MR) is 89.4 cm³/mol. The van der Waals surface area contributed by atoms with E-state index < -0.39 is 11.6 Å². The number of rotatable bonds is 0. The first-order valence-corrected chi connectivity index (χ1v) is 8.46. The van der Waals surface area contributed by atoms with Crippen LogP contribution in [0.5, 0.6) is 5.88 Å². The smallest absolute Gasteiger partial charge is 0.256 e. The monoisotopic (exact) mass is 372 g/mol. The zero-order chi connectivity index (χ0) is 18.5. The number of carbonyl (C=O) groups is 1. The number of carbonyl (C=O) groups excluding carboxylic acids is 1. The molecule has 1 saturated carbocycles. The highest BCUT2D eigenvalue weighted by atomic mass is 19.1. The van der Waals surface area contributed by atoms with Crippen LogP contribution in [0, 0.1) is 11.6 Å². The molecule has 10 heteroatoms. The first-order chi connectivity index (χ1) is 13.1. The van der Waals surface area contributed by atoms with Gasteiger partial charge in [-0.05, 0) is 6.07 Å². The molecule has 1 fully saturated rings. The van der Waals surface area contributed by atoms with Crippen LogP contribution in [0.4, 0.5) is 14.6 Å². The minimum absolute atomic E-state index is 0.0534. The van der Waals surface area contributed by atoms with Gasteiger partial charge in [0.05, 0.1) is 18.6 Å². The fourth-order valence-electron chi connectivity index (χ4n) is 3.25. The van der Waals surface area contributed by atoms with Crippen molar-refractivity contribution in [2.24, 2.45) is 0 Å². The second-order valence-electron chi connectivity index (χ2n) is 6.62. The normalized spacial score (nSPS) is 21.5. The van der Waals surface area contributed by atoms with E-state index in [1.807, 2.05) is 0 Å². The molecule has 3 aromatic rings. The molecule has 8 nitrogen and oxygen atoms in total. The average Bonchev–Trinajstić information content (AvgIpc) is 3.01. The van der Waals surface area contributed by atoms with Gasteiger partial charge in [-0.3, -0.25) is 4.79 Å². The highest BCUT2D eigenvalue weighted by Gasteiger charge is 2.34. The Morgan fingerprint density at radius 2 is 2.11 bits per heavy atom. The zero-order valence-electron chi connectivity index (χ0n) is 13.9. The standard InChI is InChI=1S/C17H14F2N6O2/c18-9-1-8-4-20-14-13(19)7-25-15(24-14)12(6-22-25)16(26)23-10-2-11(3-10)27-17(8)21-5-9/h1,5-7,10-11H,2-4H2,(H,20,24)(H,23,26). The highest BCUT2D eigenvalue weighted by Crippen LogP contribution is 2.29. The lowest BCUT2D eigenvalue weighted by Gasteiger charge is -2.35. The molecule has 0 radical (unpaired) electrons. The lowest BCUT2D eigenvalue weighted by Crippen LogP contribution is -2.49. The summed E-state index contributed by atoms with van der Waals surface area (Å²) in [5.41, 5.74) is 0.945. The number of aromatic nitrogens is 4. The third-order valence-electron chi connectivity index (χ3n) is 4.74. The molecule has 138 valence electrons. The number of anilines is 1. The van der Waals surface area contributed by atoms with Crippen molar-refractivity contribution in [3.05, 3.63) is 47.4 Å². The van der Waals surface area contributed by atoms with Crippen molar-refractivity contribution in [3.63, 3.8) is 0 Å². The summed E-state index contributed by atoms with van der Waals surface area (Å²) in [6.45, 7) is 0.0615. The maximum atomic E-state index is 14.3. The minimum Gasteiger partial charge on any atom is -0.474 e. The minimum atomic E-state index is -0.653. The Bertz CT molecular complexity index is 1060. The van der Waals surface area contributed by atoms with E-state index in [1.165, 1.54) is 16.8 Å². The Kier molecular flexibility index (Phi) is 3.46. The third-order valence-corrected chi connectivity index (χ3v) is 4.74. The van der Waals surface area contributed by atoms with Gasteiger partial charge in [-0.1, -0.05) is 0 Å². The van der Waals surface area contributed by atoms with Crippen LogP contribution in [0.3, 0.4) is 0 Å². The Morgan fingerprint density at radius 3 is 2.96 bits per heavy atom. The van der Waals surface area contributed by atoms with E-state index in [-0.39, 0.29) is 47.5 Å². The Morgan fingerprint density at radius 1 is 1.26 bits per heavy atom. The van der Waals surface area contributed by atoms with Gasteiger partial charge in [0.25, 0.3) is 5.91 Å². The van der Waals surface area contributed by atoms with Gasteiger partial charge in [-0.15, -0.1) is 0 Å². The van der Waals surface area contributed by atoms with Gasteiger partial charge in [0.15, 0.2) is 17.3 Å². The van der Waals surface area contributed by atoms with Crippen molar-refractivity contribution < 1.29 is 18.3 Å². The van der Waals surface area contributed by atoms with E-state index in [0.29, 0.717) is 18.4 Å². The Hall–Kier alpha value is -3.30. The van der Waals surface area contributed by atoms with Crippen molar-refractivity contribution in [2.75, 3.05) is 5.32 Å². The van der Waals surface area contributed by atoms with Gasteiger partial charge in [0, 0.05) is 31.0 Å². The molecule has 3 aromatic heterocycles. The van der Waals surface area contributed by atoms with E-state index in [9.17, 15) is 13.6 Å². The SMILES string of the molecule is O=C1NC2CC(C2)Oc2ncc(F)cc2CNc2nc3c1cnn3cc2F. The van der Waals surface area contributed by atoms with Crippen LogP contribution in [0.2, 0.25) is 0 Å². The molecule has 1 amide bonds. The van der Waals surface area contributed by atoms with Crippen molar-refractivity contribution in [1.82, 2.24) is 24.9 Å². The van der Waals surface area contributed by atoms with Crippen molar-refractivity contribution in [1.29, 1.82) is 0 Å². The van der Waals surface area contributed by atoms with Gasteiger partial charge in [0.1, 0.15) is 17.5 Å². The third kappa shape index (κ3) is 2.73. The van der Waals surface area contributed by atoms with E-state index in [4.69, 9.17) is 4.74 Å². The summed E-state index contributed by atoms with van der Waals surface area (Å²) >= 11 is 0.